The Labute approximate surface area is 280 Å². The van der Waals surface area contributed by atoms with E-state index in [4.69, 9.17) is 14.6 Å². The number of carbonyl (C=O) groups is 2. The van der Waals surface area contributed by atoms with Crippen molar-refractivity contribution in [3.63, 3.8) is 0 Å². The average molecular weight is 653 g/mol. The molecule has 2 aromatic rings. The zero-order valence-electron chi connectivity index (χ0n) is 28.6. The third-order valence-electron chi connectivity index (χ3n) is 9.84. The largest absolute Gasteiger partial charge is 0.462 e. The minimum absolute atomic E-state index is 0.137. The standard InChI is InChI=1S/C36H48F2O3.C4H6O2/c1-5-6-25-7-11-28(12-8-25)30-15-17-33(34(37)20-30)31-16-18-32(35(38)21-31)29-13-9-26(10-14-29)19-27(22-40-4)23-41-36(39)24(2)3;1-4(2-5)3-6/h15-18,20-21,25-29H,2,5-14,19,22-23H2,1,3-4H3;2,6H,1,3H2. The predicted octanol–water partition coefficient (Wildman–Crippen LogP) is 9.49. The Bertz CT molecular complexity index is 1320. The normalized spacial score (nSPS) is 21.6. The van der Waals surface area contributed by atoms with Crippen LogP contribution in [0, 0.1) is 29.4 Å². The molecule has 2 fully saturated rings. The number of ether oxygens (including phenoxy) is 2. The van der Waals surface area contributed by atoms with Crippen LogP contribution in [0.2, 0.25) is 0 Å². The van der Waals surface area contributed by atoms with E-state index in [1.807, 2.05) is 24.3 Å². The van der Waals surface area contributed by atoms with Gasteiger partial charge in [-0.15, -0.1) is 0 Å². The molecule has 2 aliphatic rings. The summed E-state index contributed by atoms with van der Waals surface area (Å²) in [6.07, 6.45) is 12.5. The van der Waals surface area contributed by atoms with Crippen LogP contribution in [-0.2, 0) is 19.1 Å². The van der Waals surface area contributed by atoms with Crippen molar-refractivity contribution in [3.8, 4) is 11.1 Å². The van der Waals surface area contributed by atoms with E-state index in [0.717, 1.165) is 62.0 Å². The lowest BCUT2D eigenvalue weighted by Crippen LogP contribution is -2.24. The molecule has 0 amide bonds. The summed E-state index contributed by atoms with van der Waals surface area (Å²) in [6, 6.07) is 10.8. The van der Waals surface area contributed by atoms with Gasteiger partial charge in [-0.3, -0.25) is 4.79 Å². The highest BCUT2D eigenvalue weighted by molar-refractivity contribution is 5.86. The number of esters is 1. The van der Waals surface area contributed by atoms with Crippen LogP contribution in [0.3, 0.4) is 0 Å². The van der Waals surface area contributed by atoms with E-state index in [0.29, 0.717) is 48.0 Å². The van der Waals surface area contributed by atoms with E-state index in [9.17, 15) is 9.59 Å². The summed E-state index contributed by atoms with van der Waals surface area (Å²) < 4.78 is 41.4. The highest BCUT2D eigenvalue weighted by atomic mass is 19.1. The maximum atomic E-state index is 15.4. The smallest absolute Gasteiger partial charge is 0.333 e. The predicted molar refractivity (Wildman–Crippen MR) is 184 cm³/mol. The first kappa shape index (κ1) is 38.3. The van der Waals surface area contributed by atoms with Gasteiger partial charge in [0.05, 0.1) is 19.8 Å². The number of rotatable bonds is 14. The molecule has 2 aromatic carbocycles. The lowest BCUT2D eigenvalue weighted by Gasteiger charge is -2.31. The van der Waals surface area contributed by atoms with Crippen molar-refractivity contribution < 1.29 is 33.0 Å². The summed E-state index contributed by atoms with van der Waals surface area (Å²) in [5.74, 6) is 1.18. The highest BCUT2D eigenvalue weighted by Gasteiger charge is 2.28. The van der Waals surface area contributed by atoms with Crippen molar-refractivity contribution in [1.82, 2.24) is 0 Å². The Balaban J connectivity index is 0.000000913. The molecule has 0 heterocycles. The van der Waals surface area contributed by atoms with Gasteiger partial charge in [0.15, 0.2) is 0 Å². The van der Waals surface area contributed by atoms with Gasteiger partial charge in [0.2, 0.25) is 0 Å². The van der Waals surface area contributed by atoms with Gasteiger partial charge < -0.3 is 14.6 Å². The number of hydrogen-bond donors (Lipinski definition) is 1. The first-order valence-corrected chi connectivity index (χ1v) is 17.2. The number of aliphatic hydroxyl groups is 1. The van der Waals surface area contributed by atoms with E-state index in [1.54, 1.807) is 20.1 Å². The SMILES string of the molecule is C=C(C)C(=O)OCC(COC)CC1CCC(c2ccc(-c3ccc(C4CCC(CCC)CC4)cc3F)cc2F)CC1.C=C(C=O)CO. The number of aldehydes is 1. The van der Waals surface area contributed by atoms with Crippen LogP contribution >= 0.6 is 0 Å². The number of methoxy groups -OCH3 is 1. The minimum Gasteiger partial charge on any atom is -0.462 e. The molecule has 0 radical (unpaired) electrons. The maximum absolute atomic E-state index is 15.4. The van der Waals surface area contributed by atoms with Crippen molar-refractivity contribution in [2.75, 3.05) is 26.9 Å². The van der Waals surface area contributed by atoms with E-state index in [1.165, 1.54) is 31.7 Å². The van der Waals surface area contributed by atoms with Crippen LogP contribution in [0.25, 0.3) is 11.1 Å². The molecule has 1 atom stereocenters. The van der Waals surface area contributed by atoms with Crippen LogP contribution in [0.4, 0.5) is 8.78 Å². The zero-order valence-corrected chi connectivity index (χ0v) is 28.6. The van der Waals surface area contributed by atoms with Gasteiger partial charge in [-0.1, -0.05) is 57.2 Å². The summed E-state index contributed by atoms with van der Waals surface area (Å²) in [5, 5.41) is 8.00. The molecule has 4 rings (SSSR count). The first-order valence-electron chi connectivity index (χ1n) is 17.2. The minimum atomic E-state index is -0.366. The first-order chi connectivity index (χ1) is 22.6. The van der Waals surface area contributed by atoms with E-state index >= 15 is 8.78 Å². The molecule has 0 bridgehead atoms. The summed E-state index contributed by atoms with van der Waals surface area (Å²) in [7, 11) is 1.66. The van der Waals surface area contributed by atoms with Crippen molar-refractivity contribution in [2.24, 2.45) is 17.8 Å². The van der Waals surface area contributed by atoms with Crippen molar-refractivity contribution in [1.29, 1.82) is 0 Å². The zero-order chi connectivity index (χ0) is 34.3. The second-order valence-electron chi connectivity index (χ2n) is 13.6. The Kier molecular flexibility index (Phi) is 16.0. The van der Waals surface area contributed by atoms with Crippen molar-refractivity contribution >= 4 is 12.3 Å². The van der Waals surface area contributed by atoms with E-state index in [-0.39, 0.29) is 41.6 Å². The molecule has 0 saturated heterocycles. The molecule has 0 aromatic heterocycles. The van der Waals surface area contributed by atoms with E-state index < -0.39 is 0 Å². The van der Waals surface area contributed by atoms with Crippen LogP contribution in [-0.4, -0.2) is 44.3 Å². The molecule has 2 saturated carbocycles. The summed E-state index contributed by atoms with van der Waals surface area (Å²) in [4.78, 5) is 21.3. The monoisotopic (exact) mass is 652 g/mol. The maximum Gasteiger partial charge on any atom is 0.333 e. The van der Waals surface area contributed by atoms with Crippen LogP contribution in [0.15, 0.2) is 60.7 Å². The lowest BCUT2D eigenvalue weighted by atomic mass is 9.75. The fourth-order valence-corrected chi connectivity index (χ4v) is 7.19. The number of aliphatic hydroxyl groups excluding tert-OH is 1. The average Bonchev–Trinajstić information content (AvgIpc) is 3.08. The van der Waals surface area contributed by atoms with Crippen LogP contribution < -0.4 is 0 Å². The van der Waals surface area contributed by atoms with Crippen LogP contribution in [0.5, 0.6) is 0 Å². The Morgan fingerprint density at radius 3 is 2.13 bits per heavy atom. The molecule has 0 spiro atoms. The Morgan fingerprint density at radius 1 is 0.936 bits per heavy atom. The van der Waals surface area contributed by atoms with Gasteiger partial charge in [0, 0.05) is 29.7 Å². The van der Waals surface area contributed by atoms with Gasteiger partial charge >= 0.3 is 5.97 Å². The Hall–Kier alpha value is -3.16. The molecule has 47 heavy (non-hydrogen) atoms. The lowest BCUT2D eigenvalue weighted by molar-refractivity contribution is -0.141. The summed E-state index contributed by atoms with van der Waals surface area (Å²) in [6.45, 7) is 11.3. The molecule has 0 aliphatic heterocycles. The van der Waals surface area contributed by atoms with Gasteiger partial charge in [-0.2, -0.15) is 0 Å². The number of halogens is 2. The van der Waals surface area contributed by atoms with Gasteiger partial charge in [-0.25, -0.2) is 13.6 Å². The number of hydrogen-bond acceptors (Lipinski definition) is 5. The number of carbonyl (C=O) groups excluding carboxylic acids is 2. The Morgan fingerprint density at radius 2 is 1.60 bits per heavy atom. The molecular weight excluding hydrogens is 598 g/mol. The molecule has 1 unspecified atom stereocenters. The second-order valence-corrected chi connectivity index (χ2v) is 13.6. The summed E-state index contributed by atoms with van der Waals surface area (Å²) >= 11 is 0. The molecule has 5 nitrogen and oxygen atoms in total. The number of benzene rings is 2. The fourth-order valence-electron chi connectivity index (χ4n) is 7.19. The third kappa shape index (κ3) is 11.8. The molecular formula is C40H54F2O5. The fraction of sp³-hybridized carbons (Fsp3) is 0.550. The summed E-state index contributed by atoms with van der Waals surface area (Å²) in [5.41, 5.74) is 3.50. The topological polar surface area (TPSA) is 72.8 Å². The van der Waals surface area contributed by atoms with Crippen LogP contribution in [0.1, 0.15) is 107 Å². The molecule has 1 N–H and O–H groups in total. The third-order valence-corrected chi connectivity index (χ3v) is 9.84. The van der Waals surface area contributed by atoms with Gasteiger partial charge in [0.1, 0.15) is 17.9 Å². The van der Waals surface area contributed by atoms with Gasteiger partial charge in [0.25, 0.3) is 0 Å². The van der Waals surface area contributed by atoms with Crippen molar-refractivity contribution in [2.45, 2.75) is 96.3 Å². The second kappa shape index (κ2) is 19.6. The molecule has 258 valence electrons. The molecule has 2 aliphatic carbocycles. The van der Waals surface area contributed by atoms with E-state index in [2.05, 4.69) is 20.1 Å². The molecule has 7 heteroatoms. The highest BCUT2D eigenvalue weighted by Crippen LogP contribution is 2.41. The van der Waals surface area contributed by atoms with Gasteiger partial charge in [-0.05, 0) is 117 Å². The quantitative estimate of drug-likeness (QED) is 0.125. The van der Waals surface area contributed by atoms with Crippen molar-refractivity contribution in [3.05, 3.63) is 83.5 Å².